The van der Waals surface area contributed by atoms with Crippen LogP contribution in [0.3, 0.4) is 0 Å². The van der Waals surface area contributed by atoms with Crippen molar-refractivity contribution >= 4 is 11.6 Å². The van der Waals surface area contributed by atoms with Gasteiger partial charge >= 0.3 is 0 Å². The number of carbonyl (C=O) groups excluding carboxylic acids is 1. The number of hydrogen-bond acceptors (Lipinski definition) is 3. The smallest absolute Gasteiger partial charge is 0.274 e. The van der Waals surface area contributed by atoms with Crippen molar-refractivity contribution in [1.82, 2.24) is 4.90 Å². The predicted octanol–water partition coefficient (Wildman–Crippen LogP) is 4.87. The van der Waals surface area contributed by atoms with Crippen molar-refractivity contribution in [2.45, 2.75) is 45.7 Å². The number of carbonyl (C=O) groups is 1. The van der Waals surface area contributed by atoms with Crippen LogP contribution in [0, 0.1) is 10.1 Å². The molecule has 0 aromatic heterocycles. The first-order chi connectivity index (χ1) is 12.0. The van der Waals surface area contributed by atoms with Crippen LogP contribution < -0.4 is 0 Å². The zero-order chi connectivity index (χ0) is 18.2. The van der Waals surface area contributed by atoms with Crippen molar-refractivity contribution in [2.24, 2.45) is 0 Å². The van der Waals surface area contributed by atoms with Gasteiger partial charge < -0.3 is 4.90 Å². The molecule has 1 atom stereocenters. The molecule has 0 aliphatic heterocycles. The highest BCUT2D eigenvalue weighted by atomic mass is 16.6. The van der Waals surface area contributed by atoms with Gasteiger partial charge in [-0.05, 0) is 18.9 Å². The fourth-order valence-electron chi connectivity index (χ4n) is 2.83. The minimum Gasteiger partial charge on any atom is -0.331 e. The number of nitro benzene ring substituents is 1. The van der Waals surface area contributed by atoms with E-state index in [-0.39, 0.29) is 24.2 Å². The van der Waals surface area contributed by atoms with Crippen LogP contribution in [-0.4, -0.2) is 15.7 Å². The average molecular weight is 340 g/mol. The van der Waals surface area contributed by atoms with Crippen LogP contribution in [0.5, 0.6) is 0 Å². The predicted molar refractivity (Wildman–Crippen MR) is 98.0 cm³/mol. The normalized spacial score (nSPS) is 11.8. The second-order valence-electron chi connectivity index (χ2n) is 6.10. The molecule has 0 heterocycles. The molecular formula is C20H24N2O3. The van der Waals surface area contributed by atoms with Crippen molar-refractivity contribution in [2.75, 3.05) is 0 Å². The quantitative estimate of drug-likeness (QED) is 0.508. The number of unbranched alkanes of at least 4 members (excludes halogenated alkanes) is 1. The molecule has 0 bridgehead atoms. The van der Waals surface area contributed by atoms with Gasteiger partial charge in [-0.3, -0.25) is 14.9 Å². The van der Waals surface area contributed by atoms with Gasteiger partial charge in [-0.15, -0.1) is 0 Å². The van der Waals surface area contributed by atoms with Gasteiger partial charge in [0.05, 0.1) is 17.5 Å². The lowest BCUT2D eigenvalue weighted by Gasteiger charge is -2.30. The number of nitro groups is 1. The molecule has 0 saturated carbocycles. The first-order valence-electron chi connectivity index (χ1n) is 8.61. The summed E-state index contributed by atoms with van der Waals surface area (Å²) in [7, 11) is 0. The van der Waals surface area contributed by atoms with E-state index >= 15 is 0 Å². The summed E-state index contributed by atoms with van der Waals surface area (Å²) in [5.74, 6) is 0.0244. The molecule has 1 unspecified atom stereocenters. The third kappa shape index (κ3) is 4.89. The fraction of sp³-hybridized carbons (Fsp3) is 0.350. The third-order valence-corrected chi connectivity index (χ3v) is 4.34. The maximum atomic E-state index is 12.8. The van der Waals surface area contributed by atoms with E-state index in [0.717, 1.165) is 18.4 Å². The second kappa shape index (κ2) is 8.97. The highest BCUT2D eigenvalue weighted by Gasteiger charge is 2.24. The summed E-state index contributed by atoms with van der Waals surface area (Å²) < 4.78 is 0. The Bertz CT molecular complexity index is 716. The van der Waals surface area contributed by atoms with E-state index in [9.17, 15) is 14.9 Å². The molecule has 2 aromatic carbocycles. The van der Waals surface area contributed by atoms with Gasteiger partial charge in [0.15, 0.2) is 0 Å². The monoisotopic (exact) mass is 340 g/mol. The van der Waals surface area contributed by atoms with Gasteiger partial charge in [-0.2, -0.15) is 0 Å². The van der Waals surface area contributed by atoms with Gasteiger partial charge in [0, 0.05) is 18.1 Å². The standard InChI is InChI=1S/C20H24N2O3/c1-3-4-14-20(23)21(16(2)17-10-6-5-7-11-17)15-18-12-8-9-13-19(18)22(24)25/h5-13,16H,3-4,14-15H2,1-2H3. The SMILES string of the molecule is CCCCC(=O)N(Cc1ccccc1[N+](=O)[O-])C(C)c1ccccc1. The lowest BCUT2D eigenvalue weighted by atomic mass is 10.0. The lowest BCUT2D eigenvalue weighted by molar-refractivity contribution is -0.385. The molecule has 2 rings (SSSR count). The second-order valence-corrected chi connectivity index (χ2v) is 6.10. The molecule has 0 aliphatic rings. The minimum atomic E-state index is -0.392. The van der Waals surface area contributed by atoms with Gasteiger partial charge in [-0.1, -0.05) is 61.9 Å². The molecule has 0 spiro atoms. The van der Waals surface area contributed by atoms with E-state index in [4.69, 9.17) is 0 Å². The summed E-state index contributed by atoms with van der Waals surface area (Å²) in [5, 5.41) is 11.3. The number of rotatable bonds is 8. The van der Waals surface area contributed by atoms with E-state index in [1.165, 1.54) is 6.07 Å². The molecule has 25 heavy (non-hydrogen) atoms. The Morgan fingerprint density at radius 3 is 2.40 bits per heavy atom. The van der Waals surface area contributed by atoms with Crippen LogP contribution in [0.2, 0.25) is 0 Å². The van der Waals surface area contributed by atoms with Gasteiger partial charge in [0.2, 0.25) is 5.91 Å². The zero-order valence-electron chi connectivity index (χ0n) is 14.7. The Hall–Kier alpha value is -2.69. The highest BCUT2D eigenvalue weighted by molar-refractivity contribution is 5.76. The molecule has 0 aliphatic carbocycles. The van der Waals surface area contributed by atoms with Crippen LogP contribution >= 0.6 is 0 Å². The maximum absolute atomic E-state index is 12.8. The number of benzene rings is 2. The minimum absolute atomic E-state index is 0.0244. The zero-order valence-corrected chi connectivity index (χ0v) is 14.7. The molecule has 0 radical (unpaired) electrons. The molecule has 5 heteroatoms. The van der Waals surface area contributed by atoms with Crippen molar-refractivity contribution in [3.63, 3.8) is 0 Å². The number of nitrogens with zero attached hydrogens (tertiary/aromatic N) is 2. The van der Waals surface area contributed by atoms with Crippen molar-refractivity contribution in [3.8, 4) is 0 Å². The average Bonchev–Trinajstić information content (AvgIpc) is 2.64. The third-order valence-electron chi connectivity index (χ3n) is 4.34. The highest BCUT2D eigenvalue weighted by Crippen LogP contribution is 2.27. The number of para-hydroxylation sites is 1. The van der Waals surface area contributed by atoms with E-state index in [1.807, 2.05) is 44.2 Å². The summed E-state index contributed by atoms with van der Waals surface area (Å²) in [6.07, 6.45) is 2.20. The van der Waals surface area contributed by atoms with E-state index in [1.54, 1.807) is 23.1 Å². The summed E-state index contributed by atoms with van der Waals surface area (Å²) >= 11 is 0. The topological polar surface area (TPSA) is 63.5 Å². The summed E-state index contributed by atoms with van der Waals surface area (Å²) in [6, 6.07) is 16.2. The van der Waals surface area contributed by atoms with E-state index in [2.05, 4.69) is 0 Å². The van der Waals surface area contributed by atoms with Crippen LogP contribution in [0.25, 0.3) is 0 Å². The Labute approximate surface area is 148 Å². The van der Waals surface area contributed by atoms with E-state index < -0.39 is 4.92 Å². The Morgan fingerprint density at radius 1 is 1.12 bits per heavy atom. The molecule has 1 amide bonds. The van der Waals surface area contributed by atoms with Crippen molar-refractivity contribution < 1.29 is 9.72 Å². The van der Waals surface area contributed by atoms with Gasteiger partial charge in [0.25, 0.3) is 5.69 Å². The Kier molecular flexibility index (Phi) is 6.69. The number of amides is 1. The Balaban J connectivity index is 2.32. The maximum Gasteiger partial charge on any atom is 0.274 e. The van der Waals surface area contributed by atoms with Gasteiger partial charge in [-0.25, -0.2) is 0 Å². The van der Waals surface area contributed by atoms with Crippen molar-refractivity contribution in [1.29, 1.82) is 0 Å². The molecular weight excluding hydrogens is 316 g/mol. The molecule has 2 aromatic rings. The first-order valence-corrected chi connectivity index (χ1v) is 8.61. The van der Waals surface area contributed by atoms with Crippen LogP contribution in [0.4, 0.5) is 5.69 Å². The molecule has 0 N–H and O–H groups in total. The van der Waals surface area contributed by atoms with E-state index in [0.29, 0.717) is 12.0 Å². The first kappa shape index (κ1) is 18.6. The summed E-state index contributed by atoms with van der Waals surface area (Å²) in [6.45, 7) is 4.24. The van der Waals surface area contributed by atoms with Crippen molar-refractivity contribution in [3.05, 3.63) is 75.8 Å². The van der Waals surface area contributed by atoms with Crippen LogP contribution in [0.15, 0.2) is 54.6 Å². The molecule has 5 nitrogen and oxygen atoms in total. The number of hydrogen-bond donors (Lipinski definition) is 0. The summed E-state index contributed by atoms with van der Waals surface area (Å²) in [5.41, 5.74) is 1.63. The molecule has 0 saturated heterocycles. The largest absolute Gasteiger partial charge is 0.331 e. The lowest BCUT2D eigenvalue weighted by Crippen LogP contribution is -2.33. The summed E-state index contributed by atoms with van der Waals surface area (Å²) in [4.78, 5) is 25.4. The Morgan fingerprint density at radius 2 is 1.76 bits per heavy atom. The fourth-order valence-corrected chi connectivity index (χ4v) is 2.83. The van der Waals surface area contributed by atoms with Crippen LogP contribution in [0.1, 0.15) is 50.3 Å². The molecule has 0 fully saturated rings. The van der Waals surface area contributed by atoms with Crippen LogP contribution in [-0.2, 0) is 11.3 Å². The van der Waals surface area contributed by atoms with Gasteiger partial charge in [0.1, 0.15) is 0 Å². The molecule has 132 valence electrons.